The maximum Gasteiger partial charge on any atom is 0.255 e. The van der Waals surface area contributed by atoms with Crippen LogP contribution in [-0.4, -0.2) is 32.8 Å². The average Bonchev–Trinajstić information content (AvgIpc) is 2.64. The van der Waals surface area contributed by atoms with Crippen LogP contribution in [0.2, 0.25) is 0 Å². The molecule has 0 aliphatic carbocycles. The number of benzene rings is 2. The van der Waals surface area contributed by atoms with Gasteiger partial charge >= 0.3 is 0 Å². The van der Waals surface area contributed by atoms with Crippen molar-refractivity contribution in [3.05, 3.63) is 47.5 Å². The van der Waals surface area contributed by atoms with Crippen LogP contribution in [0.4, 0.5) is 11.4 Å². The summed E-state index contributed by atoms with van der Waals surface area (Å²) >= 11 is 0. The van der Waals surface area contributed by atoms with Crippen molar-refractivity contribution in [3.63, 3.8) is 0 Å². The Hall–Kier alpha value is -2.74. The fraction of sp³-hybridized carbons (Fsp3) is 0.316. The highest BCUT2D eigenvalue weighted by Crippen LogP contribution is 2.37. The van der Waals surface area contributed by atoms with Crippen molar-refractivity contribution in [3.8, 4) is 11.5 Å². The van der Waals surface area contributed by atoms with Crippen LogP contribution in [0, 0.1) is 6.92 Å². The minimum Gasteiger partial charge on any atom is -0.486 e. The summed E-state index contributed by atoms with van der Waals surface area (Å²) in [4.78, 5) is 12.5. The predicted molar refractivity (Wildman–Crippen MR) is 104 cm³/mol. The Morgan fingerprint density at radius 3 is 2.37 bits per heavy atom. The van der Waals surface area contributed by atoms with Gasteiger partial charge < -0.3 is 14.8 Å². The summed E-state index contributed by atoms with van der Waals surface area (Å²) < 4.78 is 37.4. The first-order valence-corrected chi connectivity index (χ1v) is 10.1. The van der Waals surface area contributed by atoms with Gasteiger partial charge in [0, 0.05) is 22.5 Å². The molecule has 2 N–H and O–H groups in total. The Morgan fingerprint density at radius 2 is 1.70 bits per heavy atom. The molecule has 2 aromatic carbocycles. The predicted octanol–water partition coefficient (Wildman–Crippen LogP) is 3.17. The summed E-state index contributed by atoms with van der Waals surface area (Å²) in [5.41, 5.74) is 2.25. The van der Waals surface area contributed by atoms with Gasteiger partial charge in [-0.1, -0.05) is 0 Å². The number of sulfonamides is 1. The molecule has 27 heavy (non-hydrogen) atoms. The molecule has 0 saturated heterocycles. The third-order valence-electron chi connectivity index (χ3n) is 4.23. The molecular weight excluding hydrogens is 368 g/mol. The van der Waals surface area contributed by atoms with Crippen LogP contribution < -0.4 is 19.5 Å². The topological polar surface area (TPSA) is 93.7 Å². The number of anilines is 2. The standard InChI is InChI=1S/C19H22N2O5S/c1-12(2)27(23,24)21-15-6-4-14(5-7-15)19(22)20-16-8-9-17-18(13(16)3)26-11-10-25-17/h4-9,12,21H,10-11H2,1-3H3,(H,20,22). The molecule has 7 nitrogen and oxygen atoms in total. The van der Waals surface area contributed by atoms with E-state index in [0.717, 1.165) is 5.56 Å². The zero-order valence-corrected chi connectivity index (χ0v) is 16.2. The van der Waals surface area contributed by atoms with Crippen molar-refractivity contribution in [2.24, 2.45) is 0 Å². The molecule has 1 amide bonds. The Labute approximate surface area is 158 Å². The minimum absolute atomic E-state index is 0.298. The van der Waals surface area contributed by atoms with Crippen molar-refractivity contribution in [2.75, 3.05) is 23.3 Å². The van der Waals surface area contributed by atoms with E-state index in [-0.39, 0.29) is 5.91 Å². The Bertz CT molecular complexity index is 953. The zero-order chi connectivity index (χ0) is 19.6. The van der Waals surface area contributed by atoms with Gasteiger partial charge in [-0.25, -0.2) is 8.42 Å². The van der Waals surface area contributed by atoms with Gasteiger partial charge in [0.05, 0.1) is 5.25 Å². The maximum absolute atomic E-state index is 12.5. The molecule has 0 fully saturated rings. The summed E-state index contributed by atoms with van der Waals surface area (Å²) in [6, 6.07) is 9.80. The van der Waals surface area contributed by atoms with Gasteiger partial charge in [0.25, 0.3) is 5.91 Å². The summed E-state index contributed by atoms with van der Waals surface area (Å²) in [6.07, 6.45) is 0. The van der Waals surface area contributed by atoms with E-state index in [1.54, 1.807) is 50.2 Å². The first-order valence-electron chi connectivity index (χ1n) is 8.60. The van der Waals surface area contributed by atoms with E-state index in [4.69, 9.17) is 9.47 Å². The number of hydrogen-bond acceptors (Lipinski definition) is 5. The van der Waals surface area contributed by atoms with Crippen LogP contribution in [0.3, 0.4) is 0 Å². The first-order chi connectivity index (χ1) is 12.8. The van der Waals surface area contributed by atoms with Crippen molar-refractivity contribution in [1.29, 1.82) is 0 Å². The number of rotatable bonds is 5. The third kappa shape index (κ3) is 4.16. The highest BCUT2D eigenvalue weighted by atomic mass is 32.2. The molecule has 144 valence electrons. The normalized spacial score (nSPS) is 13.3. The van der Waals surface area contributed by atoms with E-state index in [1.165, 1.54) is 0 Å². The zero-order valence-electron chi connectivity index (χ0n) is 15.4. The number of ether oxygens (including phenoxy) is 2. The van der Waals surface area contributed by atoms with E-state index < -0.39 is 15.3 Å². The van der Waals surface area contributed by atoms with Crippen LogP contribution in [0.1, 0.15) is 29.8 Å². The highest BCUT2D eigenvalue weighted by molar-refractivity contribution is 7.93. The average molecular weight is 390 g/mol. The molecule has 0 saturated carbocycles. The smallest absolute Gasteiger partial charge is 0.255 e. The lowest BCUT2D eigenvalue weighted by atomic mass is 10.1. The van der Waals surface area contributed by atoms with Crippen LogP contribution in [0.25, 0.3) is 0 Å². The van der Waals surface area contributed by atoms with Gasteiger partial charge in [0.2, 0.25) is 10.0 Å². The lowest BCUT2D eigenvalue weighted by molar-refractivity contribution is 0.102. The van der Waals surface area contributed by atoms with Gasteiger partial charge in [-0.15, -0.1) is 0 Å². The van der Waals surface area contributed by atoms with Gasteiger partial charge in [0.1, 0.15) is 13.2 Å². The van der Waals surface area contributed by atoms with Gasteiger partial charge in [-0.2, -0.15) is 0 Å². The van der Waals surface area contributed by atoms with Crippen LogP contribution in [0.15, 0.2) is 36.4 Å². The quantitative estimate of drug-likeness (QED) is 0.818. The van der Waals surface area contributed by atoms with Gasteiger partial charge in [0.15, 0.2) is 11.5 Å². The van der Waals surface area contributed by atoms with Crippen LogP contribution in [-0.2, 0) is 10.0 Å². The number of amides is 1. The monoisotopic (exact) mass is 390 g/mol. The molecular formula is C19H22N2O5S. The van der Waals surface area contributed by atoms with Crippen molar-refractivity contribution < 1.29 is 22.7 Å². The van der Waals surface area contributed by atoms with E-state index in [0.29, 0.717) is 41.7 Å². The molecule has 0 spiro atoms. The molecule has 1 aliphatic rings. The van der Waals surface area contributed by atoms with Gasteiger partial charge in [-0.05, 0) is 57.2 Å². The Morgan fingerprint density at radius 1 is 1.04 bits per heavy atom. The van der Waals surface area contributed by atoms with E-state index in [2.05, 4.69) is 10.0 Å². The molecule has 8 heteroatoms. The Kier molecular flexibility index (Phi) is 5.27. The SMILES string of the molecule is Cc1c(NC(=O)c2ccc(NS(=O)(=O)C(C)C)cc2)ccc2c1OCCO2. The summed E-state index contributed by atoms with van der Waals surface area (Å²) in [7, 11) is -3.42. The second-order valence-electron chi connectivity index (χ2n) is 6.49. The summed E-state index contributed by atoms with van der Waals surface area (Å²) in [6.45, 7) is 6.02. The third-order valence-corrected chi connectivity index (χ3v) is 5.99. The Balaban J connectivity index is 1.74. The summed E-state index contributed by atoms with van der Waals surface area (Å²) in [5, 5.41) is 2.31. The van der Waals surface area contributed by atoms with E-state index >= 15 is 0 Å². The van der Waals surface area contributed by atoms with E-state index in [9.17, 15) is 13.2 Å². The second kappa shape index (κ2) is 7.48. The number of carbonyl (C=O) groups is 1. The fourth-order valence-corrected chi connectivity index (χ4v) is 3.26. The lowest BCUT2D eigenvalue weighted by Gasteiger charge is -2.21. The van der Waals surface area contributed by atoms with Gasteiger partial charge in [-0.3, -0.25) is 9.52 Å². The molecule has 0 unspecified atom stereocenters. The largest absolute Gasteiger partial charge is 0.486 e. The number of hydrogen-bond donors (Lipinski definition) is 2. The molecule has 0 atom stereocenters. The van der Waals surface area contributed by atoms with E-state index in [1.807, 2.05) is 6.92 Å². The van der Waals surface area contributed by atoms with Crippen LogP contribution in [0.5, 0.6) is 11.5 Å². The van der Waals surface area contributed by atoms with Crippen molar-refractivity contribution in [1.82, 2.24) is 0 Å². The first kappa shape index (κ1) is 19.0. The maximum atomic E-state index is 12.5. The highest BCUT2D eigenvalue weighted by Gasteiger charge is 2.19. The minimum atomic E-state index is -3.42. The summed E-state index contributed by atoms with van der Waals surface area (Å²) in [5.74, 6) is 1.00. The second-order valence-corrected chi connectivity index (χ2v) is 8.73. The number of carbonyl (C=O) groups excluding carboxylic acids is 1. The molecule has 0 radical (unpaired) electrons. The molecule has 2 aromatic rings. The molecule has 1 heterocycles. The molecule has 0 bridgehead atoms. The molecule has 1 aliphatic heterocycles. The van der Waals surface area contributed by atoms with Crippen molar-refractivity contribution >= 4 is 27.3 Å². The number of nitrogens with one attached hydrogen (secondary N) is 2. The number of fused-ring (bicyclic) bond motifs is 1. The van der Waals surface area contributed by atoms with Crippen LogP contribution >= 0.6 is 0 Å². The van der Waals surface area contributed by atoms with Crippen molar-refractivity contribution in [2.45, 2.75) is 26.0 Å². The molecule has 3 rings (SSSR count). The lowest BCUT2D eigenvalue weighted by Crippen LogP contribution is -2.22. The molecule has 0 aromatic heterocycles. The fourth-order valence-electron chi connectivity index (χ4n) is 2.56.